The van der Waals surface area contributed by atoms with E-state index < -0.39 is 5.97 Å². The standard InChI is InChI=1S/C12H8BrClNO3/c1-5-10(14)7(13)3-6-9(16)4-8(12(17)18-2)15-11(5)6/h3-4H,1-2H3. The number of carbonyl (C=O) groups excluding carboxylic acids is 2. The van der Waals surface area contributed by atoms with Crippen LogP contribution in [0.25, 0.3) is 0 Å². The highest BCUT2D eigenvalue weighted by Gasteiger charge is 2.31. The first-order chi connectivity index (χ1) is 8.45. The molecule has 1 radical (unpaired) electrons. The fourth-order valence-corrected chi connectivity index (χ4v) is 2.31. The summed E-state index contributed by atoms with van der Waals surface area (Å²) in [6.07, 6.45) is 2.76. The van der Waals surface area contributed by atoms with Crippen molar-refractivity contribution in [3.8, 4) is 0 Å². The Hall–Kier alpha value is -1.20. The third kappa shape index (κ3) is 2.08. The number of hydrogen-bond donors (Lipinski definition) is 0. The number of hydrogen-bond acceptors (Lipinski definition) is 4. The van der Waals surface area contributed by atoms with Crippen LogP contribution in [-0.4, -0.2) is 24.6 Å². The SMILES string of the molecule is COC(=O)C1=CC(=O)C2=C[C](Br)C(Cl)=C(C)C2=N1. The Morgan fingerprint density at radius 2 is 2.11 bits per heavy atom. The van der Waals surface area contributed by atoms with Crippen molar-refractivity contribution >= 4 is 45.0 Å². The van der Waals surface area contributed by atoms with Crippen LogP contribution in [0.4, 0.5) is 0 Å². The highest BCUT2D eigenvalue weighted by Crippen LogP contribution is 2.37. The van der Waals surface area contributed by atoms with Gasteiger partial charge in [0.25, 0.3) is 0 Å². The maximum atomic E-state index is 11.9. The minimum Gasteiger partial charge on any atom is -0.464 e. The number of nitrogens with zero attached hydrogens (tertiary/aromatic N) is 1. The number of rotatable bonds is 1. The number of esters is 1. The second-order valence-electron chi connectivity index (χ2n) is 3.69. The molecule has 0 saturated carbocycles. The van der Waals surface area contributed by atoms with Gasteiger partial charge in [0.2, 0.25) is 0 Å². The summed E-state index contributed by atoms with van der Waals surface area (Å²) in [4.78, 5) is 28.1. The van der Waals surface area contributed by atoms with Crippen molar-refractivity contribution < 1.29 is 14.3 Å². The summed E-state index contributed by atoms with van der Waals surface area (Å²) in [5.74, 6) is -0.937. The lowest BCUT2D eigenvalue weighted by atomic mass is 9.91. The van der Waals surface area contributed by atoms with Crippen LogP contribution in [0.2, 0.25) is 0 Å². The number of methoxy groups -OCH3 is 1. The molecular weight excluding hydrogens is 321 g/mol. The quantitative estimate of drug-likeness (QED) is 0.694. The van der Waals surface area contributed by atoms with Gasteiger partial charge >= 0.3 is 5.97 Å². The zero-order valence-corrected chi connectivity index (χ0v) is 11.9. The summed E-state index contributed by atoms with van der Waals surface area (Å²) in [5.41, 5.74) is 1.45. The topological polar surface area (TPSA) is 55.7 Å². The van der Waals surface area contributed by atoms with Gasteiger partial charge in [0.05, 0.1) is 12.8 Å². The van der Waals surface area contributed by atoms with Gasteiger partial charge in [-0.05, 0) is 18.6 Å². The first-order valence-electron chi connectivity index (χ1n) is 5.00. The molecule has 0 bridgehead atoms. The molecule has 0 fully saturated rings. The third-order valence-corrected chi connectivity index (χ3v) is 3.92. The van der Waals surface area contributed by atoms with E-state index in [-0.39, 0.29) is 11.5 Å². The van der Waals surface area contributed by atoms with Crippen LogP contribution in [0.1, 0.15) is 6.92 Å². The molecule has 93 valence electrons. The molecule has 4 nitrogen and oxygen atoms in total. The molecule has 2 rings (SSSR count). The fourth-order valence-electron chi connectivity index (χ4n) is 1.64. The first kappa shape index (κ1) is 13.2. The number of ether oxygens (including phenoxy) is 1. The Balaban J connectivity index is 2.54. The summed E-state index contributed by atoms with van der Waals surface area (Å²) < 4.78 is 4.55. The Morgan fingerprint density at radius 3 is 2.72 bits per heavy atom. The van der Waals surface area contributed by atoms with Gasteiger partial charge in [0, 0.05) is 16.7 Å². The predicted molar refractivity (Wildman–Crippen MR) is 71.3 cm³/mol. The van der Waals surface area contributed by atoms with Crippen LogP contribution >= 0.6 is 27.5 Å². The van der Waals surface area contributed by atoms with Gasteiger partial charge in [-0.3, -0.25) is 4.79 Å². The molecule has 1 aliphatic heterocycles. The predicted octanol–water partition coefficient (Wildman–Crippen LogP) is 2.45. The Kier molecular flexibility index (Phi) is 3.54. The molecule has 0 unspecified atom stereocenters. The Labute approximate surface area is 117 Å². The molecule has 0 aromatic heterocycles. The molecule has 1 heterocycles. The van der Waals surface area contributed by atoms with E-state index in [4.69, 9.17) is 11.6 Å². The molecule has 18 heavy (non-hydrogen) atoms. The van der Waals surface area contributed by atoms with Crippen LogP contribution < -0.4 is 0 Å². The summed E-state index contributed by atoms with van der Waals surface area (Å²) >= 11 is 9.34. The van der Waals surface area contributed by atoms with E-state index in [0.717, 1.165) is 6.08 Å². The smallest absolute Gasteiger partial charge is 0.356 e. The molecule has 0 N–H and O–H groups in total. The number of fused-ring (bicyclic) bond motifs is 1. The molecule has 1 aliphatic carbocycles. The van der Waals surface area contributed by atoms with Gasteiger partial charge < -0.3 is 4.74 Å². The highest BCUT2D eigenvalue weighted by molar-refractivity contribution is 9.11. The molecule has 2 aliphatic rings. The monoisotopic (exact) mass is 328 g/mol. The van der Waals surface area contributed by atoms with E-state index in [0.29, 0.717) is 26.7 Å². The Bertz CT molecular complexity index is 572. The molecule has 0 aromatic carbocycles. The highest BCUT2D eigenvalue weighted by atomic mass is 79.9. The molecule has 0 saturated heterocycles. The minimum atomic E-state index is -0.646. The lowest BCUT2D eigenvalue weighted by Gasteiger charge is -2.21. The van der Waals surface area contributed by atoms with Crippen LogP contribution in [-0.2, 0) is 14.3 Å². The van der Waals surface area contributed by atoms with E-state index in [1.165, 1.54) is 7.11 Å². The summed E-state index contributed by atoms with van der Waals surface area (Å²) in [7, 11) is 1.24. The first-order valence-corrected chi connectivity index (χ1v) is 6.17. The molecule has 0 atom stereocenters. The van der Waals surface area contributed by atoms with Crippen molar-refractivity contribution in [1.82, 2.24) is 0 Å². The number of carbonyl (C=O) groups is 2. The molecular formula is C12H8BrClNO3. The number of aliphatic imine (C=N–C) groups is 1. The maximum absolute atomic E-state index is 11.9. The van der Waals surface area contributed by atoms with Crippen LogP contribution in [0.3, 0.4) is 0 Å². The van der Waals surface area contributed by atoms with E-state index in [1.807, 2.05) is 0 Å². The molecule has 0 spiro atoms. The molecule has 0 aromatic rings. The van der Waals surface area contributed by atoms with Crippen LogP contribution in [0.5, 0.6) is 0 Å². The van der Waals surface area contributed by atoms with Crippen molar-refractivity contribution in [2.75, 3.05) is 7.11 Å². The number of halogens is 2. The summed E-state index contributed by atoms with van der Waals surface area (Å²) in [5, 5.41) is 0.469. The van der Waals surface area contributed by atoms with Gasteiger partial charge in [-0.2, -0.15) is 0 Å². The van der Waals surface area contributed by atoms with Gasteiger partial charge in [-0.1, -0.05) is 27.5 Å². The fraction of sp³-hybridized carbons (Fsp3) is 0.167. The van der Waals surface area contributed by atoms with Crippen LogP contribution in [0, 0.1) is 4.83 Å². The van der Waals surface area contributed by atoms with Crippen molar-refractivity contribution in [3.05, 3.63) is 38.9 Å². The minimum absolute atomic E-state index is 0.0171. The average Bonchev–Trinajstić information content (AvgIpc) is 2.36. The van der Waals surface area contributed by atoms with Gasteiger partial charge in [-0.15, -0.1) is 0 Å². The van der Waals surface area contributed by atoms with Gasteiger partial charge in [-0.25, -0.2) is 9.79 Å². The van der Waals surface area contributed by atoms with Crippen molar-refractivity contribution in [3.63, 3.8) is 0 Å². The largest absolute Gasteiger partial charge is 0.464 e. The third-order valence-electron chi connectivity index (χ3n) is 2.58. The van der Waals surface area contributed by atoms with E-state index >= 15 is 0 Å². The molecule has 0 amide bonds. The normalized spacial score (nSPS) is 20.0. The van der Waals surface area contributed by atoms with Crippen molar-refractivity contribution in [2.24, 2.45) is 4.99 Å². The van der Waals surface area contributed by atoms with E-state index in [1.54, 1.807) is 13.0 Å². The van der Waals surface area contributed by atoms with E-state index in [9.17, 15) is 9.59 Å². The van der Waals surface area contributed by atoms with E-state index in [2.05, 4.69) is 25.7 Å². The number of ketones is 1. The average molecular weight is 330 g/mol. The lowest BCUT2D eigenvalue weighted by Crippen LogP contribution is -2.24. The lowest BCUT2D eigenvalue weighted by molar-refractivity contribution is -0.136. The second-order valence-corrected chi connectivity index (χ2v) is 4.92. The summed E-state index contributed by atoms with van der Waals surface area (Å²) in [6.45, 7) is 1.74. The van der Waals surface area contributed by atoms with Crippen molar-refractivity contribution in [2.45, 2.75) is 6.92 Å². The zero-order chi connectivity index (χ0) is 13.4. The van der Waals surface area contributed by atoms with Crippen LogP contribution in [0.15, 0.2) is 39.0 Å². The number of allylic oxidation sites excluding steroid dienone is 5. The van der Waals surface area contributed by atoms with Crippen molar-refractivity contribution in [1.29, 1.82) is 0 Å². The van der Waals surface area contributed by atoms with Gasteiger partial charge in [0.15, 0.2) is 11.5 Å². The second kappa shape index (κ2) is 4.82. The Morgan fingerprint density at radius 1 is 1.44 bits per heavy atom. The zero-order valence-electron chi connectivity index (χ0n) is 9.58. The molecule has 6 heteroatoms. The maximum Gasteiger partial charge on any atom is 0.356 e. The van der Waals surface area contributed by atoms with Gasteiger partial charge in [0.1, 0.15) is 4.83 Å². The summed E-state index contributed by atoms with van der Waals surface area (Å²) in [6, 6.07) is 0.